The molecule has 0 amide bonds. The van der Waals surface area contributed by atoms with Crippen LogP contribution in [0.25, 0.3) is 16.8 Å². The Morgan fingerprint density at radius 2 is 2.06 bits per heavy atom. The van der Waals surface area contributed by atoms with Gasteiger partial charge in [-0.25, -0.2) is 9.50 Å². The molecule has 4 aromatic heterocycles. The number of anilines is 2. The first kappa shape index (κ1) is 21.2. The van der Waals surface area contributed by atoms with Crippen molar-refractivity contribution in [2.75, 3.05) is 32.1 Å². The molecule has 1 aliphatic heterocycles. The number of aromatic nitrogens is 6. The van der Waals surface area contributed by atoms with E-state index in [1.807, 2.05) is 47.6 Å². The number of likely N-dealkylation sites (N-methyl/N-ethyl adjacent to an activating group) is 1. The van der Waals surface area contributed by atoms with Gasteiger partial charge in [-0.2, -0.15) is 15.2 Å². The van der Waals surface area contributed by atoms with Gasteiger partial charge in [0.25, 0.3) is 0 Å². The Kier molecular flexibility index (Phi) is 5.59. The fraction of sp³-hybridized carbons (Fsp3) is 0.391. The van der Waals surface area contributed by atoms with E-state index < -0.39 is 0 Å². The van der Waals surface area contributed by atoms with Crippen LogP contribution in [-0.4, -0.2) is 67.1 Å². The minimum atomic E-state index is 0.316. The van der Waals surface area contributed by atoms with Gasteiger partial charge in [-0.3, -0.25) is 9.58 Å². The summed E-state index contributed by atoms with van der Waals surface area (Å²) in [5.74, 6) is 2.10. The minimum Gasteiger partial charge on any atom is -0.488 e. The average molecular weight is 449 g/mol. The summed E-state index contributed by atoms with van der Waals surface area (Å²) in [6, 6.07) is 8.72. The Bertz CT molecular complexity index is 1280. The second-order valence-corrected chi connectivity index (χ2v) is 8.18. The smallest absolute Gasteiger partial charge is 0.318 e. The predicted octanol–water partition coefficient (Wildman–Crippen LogP) is 3.06. The number of nitrogens with zero attached hydrogens (tertiary/aromatic N) is 7. The summed E-state index contributed by atoms with van der Waals surface area (Å²) in [5.41, 5.74) is 3.72. The number of pyridine rings is 1. The van der Waals surface area contributed by atoms with Crippen molar-refractivity contribution in [2.45, 2.75) is 26.3 Å². The van der Waals surface area contributed by atoms with Gasteiger partial charge in [0.2, 0.25) is 0 Å². The number of likely N-dealkylation sites (tertiary alicyclic amines) is 1. The third-order valence-electron chi connectivity index (χ3n) is 6.02. The van der Waals surface area contributed by atoms with Gasteiger partial charge < -0.3 is 14.8 Å². The van der Waals surface area contributed by atoms with E-state index in [-0.39, 0.29) is 0 Å². The summed E-state index contributed by atoms with van der Waals surface area (Å²) in [5, 5.41) is 12.3. The zero-order valence-corrected chi connectivity index (χ0v) is 19.3. The van der Waals surface area contributed by atoms with Crippen LogP contribution in [0, 0.1) is 6.92 Å². The second-order valence-electron chi connectivity index (χ2n) is 8.18. The summed E-state index contributed by atoms with van der Waals surface area (Å²) in [4.78, 5) is 11.0. The van der Waals surface area contributed by atoms with Gasteiger partial charge in [-0.05, 0) is 32.0 Å². The van der Waals surface area contributed by atoms with Crippen LogP contribution in [0.5, 0.6) is 11.8 Å². The maximum Gasteiger partial charge on any atom is 0.318 e. The third kappa shape index (κ3) is 4.21. The van der Waals surface area contributed by atoms with E-state index in [1.165, 1.54) is 6.42 Å². The molecule has 1 N–H and O–H groups in total. The number of nitrogens with one attached hydrogen (secondary N) is 1. The quantitative estimate of drug-likeness (QED) is 0.440. The number of hydrogen-bond acceptors (Lipinski definition) is 8. The molecule has 0 bridgehead atoms. The molecule has 5 rings (SSSR count). The highest BCUT2D eigenvalue weighted by molar-refractivity contribution is 5.72. The van der Waals surface area contributed by atoms with Gasteiger partial charge in [-0.1, -0.05) is 6.92 Å². The lowest BCUT2D eigenvalue weighted by molar-refractivity contribution is 0.0563. The largest absolute Gasteiger partial charge is 0.488 e. The van der Waals surface area contributed by atoms with E-state index in [4.69, 9.17) is 9.47 Å². The molecular formula is C23H28N8O2. The number of hydrogen-bond donors (Lipinski definition) is 1. The Morgan fingerprint density at radius 1 is 1.18 bits per heavy atom. The molecule has 172 valence electrons. The molecule has 1 atom stereocenters. The Labute approximate surface area is 192 Å². The van der Waals surface area contributed by atoms with E-state index in [0.29, 0.717) is 30.3 Å². The molecule has 10 nitrogen and oxygen atoms in total. The summed E-state index contributed by atoms with van der Waals surface area (Å²) < 4.78 is 15.0. The van der Waals surface area contributed by atoms with Crippen molar-refractivity contribution in [3.63, 3.8) is 0 Å². The first-order valence-electron chi connectivity index (χ1n) is 11.1. The molecule has 1 aliphatic rings. The number of rotatable bonds is 8. The number of ether oxygens (including phenoxy) is 2. The molecule has 1 fully saturated rings. The summed E-state index contributed by atoms with van der Waals surface area (Å²) >= 11 is 0. The van der Waals surface area contributed by atoms with Gasteiger partial charge in [0.1, 0.15) is 18.1 Å². The zero-order valence-electron chi connectivity index (χ0n) is 19.3. The lowest BCUT2D eigenvalue weighted by Gasteiger charge is -2.39. The summed E-state index contributed by atoms with van der Waals surface area (Å²) in [6.07, 6.45) is 4.91. The van der Waals surface area contributed by atoms with Crippen LogP contribution in [0.3, 0.4) is 0 Å². The van der Waals surface area contributed by atoms with Crippen molar-refractivity contribution in [2.24, 2.45) is 7.05 Å². The topological polar surface area (TPSA) is 94.6 Å². The normalized spacial score (nSPS) is 16.1. The third-order valence-corrected chi connectivity index (χ3v) is 6.02. The molecule has 0 aromatic carbocycles. The predicted molar refractivity (Wildman–Crippen MR) is 125 cm³/mol. The molecular weight excluding hydrogens is 420 g/mol. The zero-order chi connectivity index (χ0) is 22.9. The van der Waals surface area contributed by atoms with Crippen LogP contribution < -0.4 is 14.8 Å². The van der Waals surface area contributed by atoms with E-state index >= 15 is 0 Å². The maximum absolute atomic E-state index is 6.19. The van der Waals surface area contributed by atoms with E-state index in [9.17, 15) is 0 Å². The van der Waals surface area contributed by atoms with Crippen molar-refractivity contribution in [3.8, 4) is 23.0 Å². The molecule has 0 saturated carbocycles. The maximum atomic E-state index is 6.19. The highest BCUT2D eigenvalue weighted by Gasteiger charge is 2.27. The van der Waals surface area contributed by atoms with Crippen molar-refractivity contribution in [1.82, 2.24) is 34.3 Å². The summed E-state index contributed by atoms with van der Waals surface area (Å²) in [6.45, 7) is 6.97. The van der Waals surface area contributed by atoms with Crippen LogP contribution in [0.4, 0.5) is 11.6 Å². The van der Waals surface area contributed by atoms with Crippen LogP contribution in [0.15, 0.2) is 36.7 Å². The SMILES string of the molecule is CCN1CC[C@@H]1COc1cnn(C)c1-c1ccn2nc(Nc3cc(C)nc(OC)n3)cc2c1. The number of methoxy groups -OCH3 is 1. The molecule has 0 aliphatic carbocycles. The minimum absolute atomic E-state index is 0.316. The fourth-order valence-electron chi connectivity index (χ4n) is 4.17. The Morgan fingerprint density at radius 3 is 2.82 bits per heavy atom. The first-order valence-corrected chi connectivity index (χ1v) is 11.1. The van der Waals surface area contributed by atoms with E-state index in [0.717, 1.165) is 41.3 Å². The Balaban J connectivity index is 1.38. The molecule has 0 radical (unpaired) electrons. The van der Waals surface area contributed by atoms with Gasteiger partial charge in [0, 0.05) is 49.2 Å². The highest BCUT2D eigenvalue weighted by Crippen LogP contribution is 2.31. The molecule has 33 heavy (non-hydrogen) atoms. The molecule has 1 saturated heterocycles. The highest BCUT2D eigenvalue weighted by atomic mass is 16.5. The van der Waals surface area contributed by atoms with Crippen molar-refractivity contribution >= 4 is 17.2 Å². The average Bonchev–Trinajstić information content (AvgIpc) is 3.34. The van der Waals surface area contributed by atoms with Gasteiger partial charge in [-0.15, -0.1) is 0 Å². The van der Waals surface area contributed by atoms with Crippen LogP contribution in [-0.2, 0) is 7.05 Å². The van der Waals surface area contributed by atoms with Gasteiger partial charge in [0.05, 0.1) is 18.8 Å². The van der Waals surface area contributed by atoms with Crippen molar-refractivity contribution < 1.29 is 9.47 Å². The van der Waals surface area contributed by atoms with Crippen LogP contribution in [0.1, 0.15) is 19.0 Å². The fourth-order valence-corrected chi connectivity index (χ4v) is 4.17. The first-order chi connectivity index (χ1) is 16.0. The second kappa shape index (κ2) is 8.70. The lowest BCUT2D eigenvalue weighted by Crippen LogP contribution is -2.50. The molecule has 0 spiro atoms. The van der Waals surface area contributed by atoms with E-state index in [2.05, 4.69) is 43.4 Å². The molecule has 5 heterocycles. The molecule has 10 heteroatoms. The van der Waals surface area contributed by atoms with Crippen molar-refractivity contribution in [1.29, 1.82) is 0 Å². The molecule has 0 unspecified atom stereocenters. The number of fused-ring (bicyclic) bond motifs is 1. The summed E-state index contributed by atoms with van der Waals surface area (Å²) in [7, 11) is 3.48. The standard InChI is InChI=1S/C23H28N8O2/c1-5-30-8-7-17(30)14-33-19-13-24-29(3)22(19)16-6-9-31-18(11-16)12-21(28-31)26-20-10-15(2)25-23(27-20)32-4/h6,9-13,17H,5,7-8,14H2,1-4H3,(H,25,26,27,28)/t17-/m1/s1. The Hall–Kier alpha value is -3.66. The number of aryl methyl sites for hydroxylation is 2. The van der Waals surface area contributed by atoms with Gasteiger partial charge in [0.15, 0.2) is 11.6 Å². The monoisotopic (exact) mass is 448 g/mol. The lowest BCUT2D eigenvalue weighted by atomic mass is 10.0. The van der Waals surface area contributed by atoms with E-state index in [1.54, 1.807) is 13.3 Å². The van der Waals surface area contributed by atoms with Crippen LogP contribution in [0.2, 0.25) is 0 Å². The molecule has 4 aromatic rings. The van der Waals surface area contributed by atoms with Gasteiger partial charge >= 0.3 is 6.01 Å². The van der Waals surface area contributed by atoms with Crippen LogP contribution >= 0.6 is 0 Å². The van der Waals surface area contributed by atoms with Crippen molar-refractivity contribution in [3.05, 3.63) is 42.4 Å².